The van der Waals surface area contributed by atoms with E-state index in [4.69, 9.17) is 0 Å². The molecule has 0 saturated heterocycles. The molecule has 21 heavy (non-hydrogen) atoms. The molecule has 2 nitrogen and oxygen atoms in total. The third kappa shape index (κ3) is 2.80. The fourth-order valence-corrected chi connectivity index (χ4v) is 6.16. The Bertz CT molecular complexity index is 695. The molecule has 0 spiro atoms. The van der Waals surface area contributed by atoms with E-state index in [2.05, 4.69) is 40.4 Å². The molecule has 0 radical (unpaired) electrons. The molecule has 1 heterocycles. The fraction of sp³-hybridized carbons (Fsp3) is 0.118. The number of hydrogen-bond acceptors (Lipinski definition) is 1. The molecular formula is C17H17FN2Si. The van der Waals surface area contributed by atoms with Crippen molar-refractivity contribution < 1.29 is 4.39 Å². The maximum absolute atomic E-state index is 13.3. The Kier molecular flexibility index (Phi) is 3.71. The molecule has 1 atom stereocenters. The third-order valence-corrected chi connectivity index (χ3v) is 8.16. The highest BCUT2D eigenvalue weighted by Crippen LogP contribution is 2.09. The predicted octanol–water partition coefficient (Wildman–Crippen LogP) is 2.45. The summed E-state index contributed by atoms with van der Waals surface area (Å²) in [7, 11) is -1.97. The molecule has 0 bridgehead atoms. The monoisotopic (exact) mass is 296 g/mol. The average Bonchev–Trinajstić information content (AvgIpc) is 3.01. The molecule has 0 fully saturated rings. The summed E-state index contributed by atoms with van der Waals surface area (Å²) in [6, 6.07) is 17.5. The normalized spacial score (nSPS) is 13.8. The lowest BCUT2D eigenvalue weighted by Gasteiger charge is -2.29. The zero-order chi connectivity index (χ0) is 14.7. The van der Waals surface area contributed by atoms with Gasteiger partial charge in [-0.1, -0.05) is 59.4 Å². The van der Waals surface area contributed by atoms with Gasteiger partial charge in [-0.05, 0) is 12.1 Å². The lowest BCUT2D eigenvalue weighted by atomic mass is 10.3. The van der Waals surface area contributed by atoms with Gasteiger partial charge in [0, 0.05) is 18.6 Å². The Morgan fingerprint density at radius 3 is 2.29 bits per heavy atom. The Morgan fingerprint density at radius 2 is 1.67 bits per heavy atom. The predicted molar refractivity (Wildman–Crippen MR) is 86.0 cm³/mol. The molecule has 2 aromatic carbocycles. The van der Waals surface area contributed by atoms with Crippen molar-refractivity contribution in [2.45, 2.75) is 12.7 Å². The average molecular weight is 296 g/mol. The van der Waals surface area contributed by atoms with Gasteiger partial charge in [-0.15, -0.1) is 0 Å². The van der Waals surface area contributed by atoms with E-state index in [1.165, 1.54) is 10.4 Å². The van der Waals surface area contributed by atoms with Crippen molar-refractivity contribution in [1.29, 1.82) is 0 Å². The highest BCUT2D eigenvalue weighted by Gasteiger charge is 2.32. The minimum atomic E-state index is -1.97. The van der Waals surface area contributed by atoms with Gasteiger partial charge in [0.25, 0.3) is 0 Å². The van der Waals surface area contributed by atoms with Crippen molar-refractivity contribution in [3.8, 4) is 0 Å². The van der Waals surface area contributed by atoms with Crippen molar-refractivity contribution in [3.05, 3.63) is 79.1 Å². The molecule has 1 aromatic heterocycles. The maximum atomic E-state index is 13.3. The lowest BCUT2D eigenvalue weighted by molar-refractivity contribution is 0.628. The van der Waals surface area contributed by atoms with Gasteiger partial charge in [-0.3, -0.25) is 0 Å². The van der Waals surface area contributed by atoms with Crippen LogP contribution in [0.15, 0.2) is 73.3 Å². The van der Waals surface area contributed by atoms with Crippen LogP contribution in [0, 0.1) is 5.82 Å². The number of aromatic nitrogens is 2. The second kappa shape index (κ2) is 5.66. The molecule has 0 aliphatic heterocycles. The minimum absolute atomic E-state index is 0.189. The first-order chi connectivity index (χ1) is 10.2. The van der Waals surface area contributed by atoms with E-state index in [1.807, 2.05) is 30.7 Å². The van der Waals surface area contributed by atoms with E-state index in [1.54, 1.807) is 18.3 Å². The first-order valence-electron chi connectivity index (χ1n) is 6.96. The van der Waals surface area contributed by atoms with E-state index in [0.717, 1.165) is 6.17 Å². The summed E-state index contributed by atoms with van der Waals surface area (Å²) in [6.45, 7) is 2.32. The second-order valence-corrected chi connectivity index (χ2v) is 9.58. The van der Waals surface area contributed by atoms with Crippen molar-refractivity contribution in [1.82, 2.24) is 9.55 Å². The smallest absolute Gasteiger partial charge is 0.135 e. The summed E-state index contributed by atoms with van der Waals surface area (Å²) in [5.74, 6) is -0.189. The number of nitrogens with zero attached hydrogens (tertiary/aromatic N) is 2. The van der Waals surface area contributed by atoms with Crippen LogP contribution in [-0.4, -0.2) is 17.6 Å². The quantitative estimate of drug-likeness (QED) is 0.676. The van der Waals surface area contributed by atoms with Gasteiger partial charge in [-0.25, -0.2) is 9.37 Å². The first kappa shape index (κ1) is 13.8. The molecule has 4 heteroatoms. The zero-order valence-electron chi connectivity index (χ0n) is 11.9. The van der Waals surface area contributed by atoms with E-state index in [-0.39, 0.29) is 5.82 Å². The molecule has 106 valence electrons. The summed E-state index contributed by atoms with van der Waals surface area (Å²) in [4.78, 5) is 4.13. The SMILES string of the molecule is C[Si](Cn1ccnc1)(c1ccccc1)c1ccc(F)cc1. The summed E-state index contributed by atoms with van der Waals surface area (Å²) in [6.07, 6.45) is 6.52. The van der Waals surface area contributed by atoms with Crippen LogP contribution in [0.3, 0.4) is 0 Å². The molecule has 0 amide bonds. The fourth-order valence-electron chi connectivity index (χ4n) is 2.72. The highest BCUT2D eigenvalue weighted by atomic mass is 28.3. The van der Waals surface area contributed by atoms with Gasteiger partial charge < -0.3 is 4.57 Å². The minimum Gasteiger partial charge on any atom is -0.340 e. The van der Waals surface area contributed by atoms with Gasteiger partial charge in [0.05, 0.1) is 6.33 Å². The van der Waals surface area contributed by atoms with Crippen LogP contribution >= 0.6 is 0 Å². The van der Waals surface area contributed by atoms with Gasteiger partial charge in [0.2, 0.25) is 0 Å². The summed E-state index contributed by atoms with van der Waals surface area (Å²) >= 11 is 0. The zero-order valence-corrected chi connectivity index (χ0v) is 12.9. The Labute approximate surface area is 124 Å². The van der Waals surface area contributed by atoms with Gasteiger partial charge >= 0.3 is 0 Å². The topological polar surface area (TPSA) is 17.8 Å². The first-order valence-corrected chi connectivity index (χ1v) is 9.66. The molecule has 0 aliphatic carbocycles. The molecule has 3 rings (SSSR count). The highest BCUT2D eigenvalue weighted by molar-refractivity contribution is 7.00. The summed E-state index contributed by atoms with van der Waals surface area (Å²) < 4.78 is 15.4. The summed E-state index contributed by atoms with van der Waals surface area (Å²) in [5.41, 5.74) is 0. The van der Waals surface area contributed by atoms with Gasteiger partial charge in [0.15, 0.2) is 0 Å². The molecule has 0 saturated carbocycles. The van der Waals surface area contributed by atoms with Crippen molar-refractivity contribution in [2.24, 2.45) is 0 Å². The standard InChI is InChI=1S/C17H17FN2Si/c1-21(14-20-12-11-19-13-20,16-5-3-2-4-6-16)17-9-7-15(18)8-10-17/h2-13H,14H2,1H3. The number of benzene rings is 2. The largest absolute Gasteiger partial charge is 0.340 e. The molecule has 3 aromatic rings. The number of rotatable bonds is 4. The van der Waals surface area contributed by atoms with Crippen molar-refractivity contribution in [3.63, 3.8) is 0 Å². The number of hydrogen-bond donors (Lipinski definition) is 0. The lowest BCUT2D eigenvalue weighted by Crippen LogP contribution is -2.58. The molecular weight excluding hydrogens is 279 g/mol. The summed E-state index contributed by atoms with van der Waals surface area (Å²) in [5, 5.41) is 2.56. The van der Waals surface area contributed by atoms with Crippen LogP contribution in [0.2, 0.25) is 6.55 Å². The molecule has 1 unspecified atom stereocenters. The Morgan fingerprint density at radius 1 is 1.00 bits per heavy atom. The second-order valence-electron chi connectivity index (χ2n) is 5.44. The van der Waals surface area contributed by atoms with E-state index in [9.17, 15) is 4.39 Å². The van der Waals surface area contributed by atoms with Gasteiger partial charge in [-0.2, -0.15) is 0 Å². The van der Waals surface area contributed by atoms with Gasteiger partial charge in [0.1, 0.15) is 13.9 Å². The van der Waals surface area contributed by atoms with Crippen LogP contribution in [0.1, 0.15) is 0 Å². The maximum Gasteiger partial charge on any atom is 0.135 e. The van der Waals surface area contributed by atoms with Crippen LogP contribution in [0.5, 0.6) is 0 Å². The Balaban J connectivity index is 2.08. The van der Waals surface area contributed by atoms with E-state index >= 15 is 0 Å². The Hall–Kier alpha value is -2.20. The molecule has 0 N–H and O–H groups in total. The van der Waals surface area contributed by atoms with Crippen LogP contribution in [0.4, 0.5) is 4.39 Å². The van der Waals surface area contributed by atoms with Crippen molar-refractivity contribution >= 4 is 18.4 Å². The van der Waals surface area contributed by atoms with Crippen LogP contribution in [-0.2, 0) is 6.17 Å². The van der Waals surface area contributed by atoms with Crippen LogP contribution < -0.4 is 10.4 Å². The van der Waals surface area contributed by atoms with Crippen LogP contribution in [0.25, 0.3) is 0 Å². The van der Waals surface area contributed by atoms with E-state index in [0.29, 0.717) is 0 Å². The number of halogens is 1. The third-order valence-electron chi connectivity index (χ3n) is 3.95. The van der Waals surface area contributed by atoms with Crippen molar-refractivity contribution in [2.75, 3.05) is 0 Å². The van der Waals surface area contributed by atoms with E-state index < -0.39 is 8.07 Å². The number of imidazole rings is 1. The molecule has 0 aliphatic rings.